The highest BCUT2D eigenvalue weighted by Gasteiger charge is 1.95. The van der Waals surface area contributed by atoms with E-state index in [-0.39, 0.29) is 0 Å². The summed E-state index contributed by atoms with van der Waals surface area (Å²) in [7, 11) is 0. The second-order valence-electron chi connectivity index (χ2n) is 1.44. The lowest BCUT2D eigenvalue weighted by molar-refractivity contribution is 0.209. The number of anilines is 1. The van der Waals surface area contributed by atoms with Crippen molar-refractivity contribution in [1.82, 2.24) is 0 Å². The fourth-order valence-electron chi connectivity index (χ4n) is 0.459. The van der Waals surface area contributed by atoms with Gasteiger partial charge in [-0.15, -0.1) is 0 Å². The molecule has 4 heteroatoms. The molecule has 0 spiro atoms. The molecule has 0 aliphatic rings. The third-order valence-electron chi connectivity index (χ3n) is 0.772. The van der Waals surface area contributed by atoms with Gasteiger partial charge < -0.3 is 9.52 Å². The summed E-state index contributed by atoms with van der Waals surface area (Å²) in [6.45, 7) is 0. The molecule has 0 saturated carbocycles. The third-order valence-corrected chi connectivity index (χ3v) is 0.772. The molecule has 2 N–H and O–H groups in total. The first-order valence-electron chi connectivity index (χ1n) is 2.31. The maximum Gasteiger partial charge on any atom is 0.409 e. The molecule has 1 heterocycles. The minimum Gasteiger partial charge on any atom is -0.470 e. The van der Waals surface area contributed by atoms with Crippen molar-refractivity contribution in [3.8, 4) is 0 Å². The molecule has 9 heavy (non-hydrogen) atoms. The quantitative estimate of drug-likeness (QED) is 0.598. The standard InChI is InChI=1S/C5H5NO3/c7-5(8)6-4-1-2-9-3-4/h1-3,6H,(H,7,8). The minimum absolute atomic E-state index is 0.447. The van der Waals surface area contributed by atoms with Gasteiger partial charge in [-0.1, -0.05) is 0 Å². The number of hydrogen-bond donors (Lipinski definition) is 2. The number of amides is 1. The van der Waals surface area contributed by atoms with Crippen molar-refractivity contribution in [3.05, 3.63) is 18.6 Å². The minimum atomic E-state index is -1.09. The number of carboxylic acid groups (broad SMARTS) is 1. The van der Waals surface area contributed by atoms with Crippen LogP contribution >= 0.6 is 0 Å². The van der Waals surface area contributed by atoms with Crippen molar-refractivity contribution < 1.29 is 14.3 Å². The number of nitrogens with one attached hydrogen (secondary N) is 1. The maximum absolute atomic E-state index is 9.91. The first-order valence-corrected chi connectivity index (χ1v) is 2.31. The van der Waals surface area contributed by atoms with Crippen LogP contribution in [0.1, 0.15) is 0 Å². The molecule has 1 aromatic rings. The second kappa shape index (κ2) is 2.21. The Hall–Kier alpha value is -1.45. The Morgan fingerprint density at radius 1 is 1.78 bits per heavy atom. The van der Waals surface area contributed by atoms with Crippen LogP contribution in [0.25, 0.3) is 0 Å². The molecule has 48 valence electrons. The highest BCUT2D eigenvalue weighted by molar-refractivity contribution is 5.82. The molecular weight excluding hydrogens is 122 g/mol. The van der Waals surface area contributed by atoms with E-state index in [9.17, 15) is 4.79 Å². The Kier molecular flexibility index (Phi) is 1.40. The number of carbonyl (C=O) groups is 1. The molecule has 0 bridgehead atoms. The van der Waals surface area contributed by atoms with Crippen molar-refractivity contribution in [2.24, 2.45) is 0 Å². The fourth-order valence-corrected chi connectivity index (χ4v) is 0.459. The SMILES string of the molecule is O=C(O)Nc1ccoc1. The summed E-state index contributed by atoms with van der Waals surface area (Å²) < 4.78 is 4.59. The van der Waals surface area contributed by atoms with Crippen LogP contribution in [0.15, 0.2) is 23.0 Å². The number of furan rings is 1. The third kappa shape index (κ3) is 1.49. The summed E-state index contributed by atoms with van der Waals surface area (Å²) >= 11 is 0. The van der Waals surface area contributed by atoms with E-state index in [1.165, 1.54) is 18.6 Å². The van der Waals surface area contributed by atoms with Crippen molar-refractivity contribution in [3.63, 3.8) is 0 Å². The summed E-state index contributed by atoms with van der Waals surface area (Å²) in [5, 5.41) is 10.2. The van der Waals surface area contributed by atoms with E-state index >= 15 is 0 Å². The highest BCUT2D eigenvalue weighted by Crippen LogP contribution is 2.05. The Balaban J connectivity index is 2.58. The van der Waals surface area contributed by atoms with Crippen molar-refractivity contribution in [2.75, 3.05) is 5.32 Å². The zero-order valence-corrected chi connectivity index (χ0v) is 4.50. The van der Waals surface area contributed by atoms with Gasteiger partial charge >= 0.3 is 6.09 Å². The summed E-state index contributed by atoms with van der Waals surface area (Å²) in [4.78, 5) is 9.91. The highest BCUT2D eigenvalue weighted by atomic mass is 16.4. The maximum atomic E-state index is 9.91. The number of hydrogen-bond acceptors (Lipinski definition) is 2. The van der Waals surface area contributed by atoms with Gasteiger partial charge in [-0.3, -0.25) is 5.32 Å². The van der Waals surface area contributed by atoms with Crippen LogP contribution in [0.4, 0.5) is 10.5 Å². The molecule has 0 aliphatic carbocycles. The lowest BCUT2D eigenvalue weighted by Crippen LogP contribution is -2.05. The van der Waals surface area contributed by atoms with Crippen LogP contribution < -0.4 is 5.32 Å². The Bertz CT molecular complexity index is 192. The van der Waals surface area contributed by atoms with E-state index < -0.39 is 6.09 Å². The summed E-state index contributed by atoms with van der Waals surface area (Å²) in [5.74, 6) is 0. The molecule has 0 radical (unpaired) electrons. The zero-order chi connectivity index (χ0) is 6.69. The lowest BCUT2D eigenvalue weighted by Gasteiger charge is -1.90. The van der Waals surface area contributed by atoms with Gasteiger partial charge in [-0.2, -0.15) is 0 Å². The monoisotopic (exact) mass is 127 g/mol. The van der Waals surface area contributed by atoms with Crippen LogP contribution in [0, 0.1) is 0 Å². The van der Waals surface area contributed by atoms with E-state index in [2.05, 4.69) is 9.73 Å². The second-order valence-corrected chi connectivity index (χ2v) is 1.44. The zero-order valence-electron chi connectivity index (χ0n) is 4.50. The van der Waals surface area contributed by atoms with E-state index in [1.54, 1.807) is 0 Å². The Morgan fingerprint density at radius 3 is 3.00 bits per heavy atom. The van der Waals surface area contributed by atoms with Crippen LogP contribution in [0.5, 0.6) is 0 Å². The van der Waals surface area contributed by atoms with E-state index in [0.717, 1.165) is 0 Å². The molecule has 0 saturated heterocycles. The molecular formula is C5H5NO3. The van der Waals surface area contributed by atoms with Crippen molar-refractivity contribution >= 4 is 11.8 Å². The van der Waals surface area contributed by atoms with Gasteiger partial charge in [0.05, 0.1) is 12.0 Å². The van der Waals surface area contributed by atoms with Crippen LogP contribution in [0.2, 0.25) is 0 Å². The molecule has 1 rings (SSSR count). The normalized spacial score (nSPS) is 8.89. The Labute approximate surface area is 51.1 Å². The molecule has 0 atom stereocenters. The fraction of sp³-hybridized carbons (Fsp3) is 0. The summed E-state index contributed by atoms with van der Waals surface area (Å²) in [6.07, 6.45) is 1.62. The van der Waals surface area contributed by atoms with Crippen molar-refractivity contribution in [2.45, 2.75) is 0 Å². The van der Waals surface area contributed by atoms with E-state index in [0.29, 0.717) is 5.69 Å². The lowest BCUT2D eigenvalue weighted by atomic mass is 10.5. The molecule has 1 aromatic heterocycles. The average molecular weight is 127 g/mol. The summed E-state index contributed by atoms with van der Waals surface area (Å²) in [5.41, 5.74) is 0.447. The molecule has 1 amide bonds. The predicted molar refractivity (Wildman–Crippen MR) is 30.4 cm³/mol. The van der Waals surface area contributed by atoms with Gasteiger partial charge in [0, 0.05) is 6.07 Å². The van der Waals surface area contributed by atoms with Gasteiger partial charge in [0.15, 0.2) is 0 Å². The van der Waals surface area contributed by atoms with Crippen LogP contribution in [0.3, 0.4) is 0 Å². The first-order chi connectivity index (χ1) is 4.29. The predicted octanol–water partition coefficient (Wildman–Crippen LogP) is 1.37. The Morgan fingerprint density at radius 2 is 2.56 bits per heavy atom. The van der Waals surface area contributed by atoms with Gasteiger partial charge in [0.1, 0.15) is 6.26 Å². The van der Waals surface area contributed by atoms with Gasteiger partial charge in [-0.05, 0) is 0 Å². The molecule has 0 aromatic carbocycles. The largest absolute Gasteiger partial charge is 0.470 e. The van der Waals surface area contributed by atoms with Crippen molar-refractivity contribution in [1.29, 1.82) is 0 Å². The summed E-state index contributed by atoms with van der Waals surface area (Å²) in [6, 6.07) is 1.52. The van der Waals surface area contributed by atoms with Crippen LogP contribution in [-0.4, -0.2) is 11.2 Å². The van der Waals surface area contributed by atoms with Gasteiger partial charge in [0.2, 0.25) is 0 Å². The number of rotatable bonds is 1. The molecule has 0 aliphatic heterocycles. The smallest absolute Gasteiger partial charge is 0.409 e. The average Bonchev–Trinajstić information content (AvgIpc) is 2.15. The topological polar surface area (TPSA) is 62.5 Å². The van der Waals surface area contributed by atoms with Gasteiger partial charge in [-0.25, -0.2) is 4.79 Å². The van der Waals surface area contributed by atoms with Gasteiger partial charge in [0.25, 0.3) is 0 Å². The first kappa shape index (κ1) is 5.68. The molecule has 0 unspecified atom stereocenters. The van der Waals surface area contributed by atoms with Crippen LogP contribution in [-0.2, 0) is 0 Å². The van der Waals surface area contributed by atoms with E-state index in [1.807, 2.05) is 0 Å². The van der Waals surface area contributed by atoms with E-state index in [4.69, 9.17) is 5.11 Å². The molecule has 4 nitrogen and oxygen atoms in total. The molecule has 0 fully saturated rings.